The normalized spacial score (nSPS) is 18.7. The van der Waals surface area contributed by atoms with Crippen molar-refractivity contribution in [3.05, 3.63) is 113 Å². The lowest BCUT2D eigenvalue weighted by molar-refractivity contribution is 0.0801. The van der Waals surface area contributed by atoms with Crippen molar-refractivity contribution in [3.8, 4) is 0 Å². The van der Waals surface area contributed by atoms with Gasteiger partial charge in [-0.05, 0) is 53.8 Å². The van der Waals surface area contributed by atoms with Crippen LogP contribution in [0.2, 0.25) is 5.02 Å². The van der Waals surface area contributed by atoms with Gasteiger partial charge in [-0.15, -0.1) is 0 Å². The number of rotatable bonds is 12. The van der Waals surface area contributed by atoms with Gasteiger partial charge in [0.15, 0.2) is 0 Å². The first-order valence-electron chi connectivity index (χ1n) is 12.3. The molecule has 0 saturated heterocycles. The van der Waals surface area contributed by atoms with E-state index in [1.165, 1.54) is 35.4 Å². The maximum atomic E-state index is 12.7. The fourth-order valence-corrected chi connectivity index (χ4v) is 6.03. The molecule has 0 saturated carbocycles. The molecule has 3 aromatic rings. The van der Waals surface area contributed by atoms with Gasteiger partial charge in [0.2, 0.25) is 10.0 Å². The van der Waals surface area contributed by atoms with Crippen LogP contribution in [0.25, 0.3) is 0 Å². The first kappa shape index (κ1) is 27.4. The first-order chi connectivity index (χ1) is 17.8. The number of ether oxygens (including phenoxy) is 1. The minimum absolute atomic E-state index is 0.0253. The van der Waals surface area contributed by atoms with Crippen molar-refractivity contribution in [2.45, 2.75) is 42.4 Å². The first-order valence-corrected chi connectivity index (χ1v) is 14.2. The van der Waals surface area contributed by atoms with Gasteiger partial charge in [0.1, 0.15) is 0 Å². The summed E-state index contributed by atoms with van der Waals surface area (Å²) in [6.45, 7) is 4.23. The van der Waals surface area contributed by atoms with E-state index in [4.69, 9.17) is 16.3 Å². The number of sulfonamides is 1. The highest BCUT2D eigenvalue weighted by molar-refractivity contribution is 7.89. The van der Waals surface area contributed by atoms with Gasteiger partial charge in [0, 0.05) is 36.7 Å². The summed E-state index contributed by atoms with van der Waals surface area (Å²) in [7, 11) is -2.06. The fraction of sp³-hybridized carbons (Fsp3) is 0.310. The number of allylic oxidation sites excluding steroid dienone is 1. The van der Waals surface area contributed by atoms with Gasteiger partial charge in [-0.25, -0.2) is 13.1 Å². The number of hydrogen-bond donors (Lipinski definition) is 3. The molecule has 4 rings (SSSR count). The standard InChI is InChI=1S/C29H33ClN2O4S/c1-20(32-29-27-11-7-6-10-22(27)18-28(29)36-2)23(16-21-8-4-3-5-9-21)17-25(33)19-31-37(34,35)26-14-12-24(30)13-15-26/h3-15,23,25,28-29,31-33H,1,16-19H2,2H3/t23-,25+,28+,29+/m1/s1. The number of hydrogen-bond acceptors (Lipinski definition) is 5. The predicted octanol–water partition coefficient (Wildman–Crippen LogP) is 4.64. The quantitative estimate of drug-likeness (QED) is 0.311. The van der Waals surface area contributed by atoms with Crippen molar-refractivity contribution in [3.63, 3.8) is 0 Å². The van der Waals surface area contributed by atoms with Gasteiger partial charge in [0.05, 0.1) is 23.1 Å². The number of fused-ring (bicyclic) bond motifs is 1. The van der Waals surface area contributed by atoms with Crippen molar-refractivity contribution in [2.24, 2.45) is 5.92 Å². The highest BCUT2D eigenvalue weighted by atomic mass is 35.5. The Bertz CT molecular complexity index is 1300. The van der Waals surface area contributed by atoms with Crippen LogP contribution in [0, 0.1) is 5.92 Å². The van der Waals surface area contributed by atoms with Crippen molar-refractivity contribution in [1.29, 1.82) is 0 Å². The van der Waals surface area contributed by atoms with E-state index in [2.05, 4.69) is 28.8 Å². The van der Waals surface area contributed by atoms with Crippen LogP contribution in [-0.2, 0) is 27.6 Å². The molecule has 0 unspecified atom stereocenters. The molecule has 0 bridgehead atoms. The van der Waals surface area contributed by atoms with Crippen LogP contribution < -0.4 is 10.0 Å². The van der Waals surface area contributed by atoms with E-state index in [9.17, 15) is 13.5 Å². The van der Waals surface area contributed by atoms with Crippen LogP contribution >= 0.6 is 11.6 Å². The molecule has 0 aromatic heterocycles. The van der Waals surface area contributed by atoms with Crippen LogP contribution in [-0.4, -0.2) is 39.4 Å². The average Bonchev–Trinajstić information content (AvgIpc) is 3.25. The van der Waals surface area contributed by atoms with Gasteiger partial charge in [0.25, 0.3) is 0 Å². The maximum Gasteiger partial charge on any atom is 0.240 e. The third kappa shape index (κ3) is 7.00. The number of nitrogens with one attached hydrogen (secondary N) is 2. The van der Waals surface area contributed by atoms with Crippen molar-refractivity contribution < 1.29 is 18.3 Å². The Morgan fingerprint density at radius 3 is 2.46 bits per heavy atom. The lowest BCUT2D eigenvalue weighted by Crippen LogP contribution is -2.36. The molecule has 0 radical (unpaired) electrons. The van der Waals surface area contributed by atoms with Crippen LogP contribution in [0.4, 0.5) is 0 Å². The Morgan fingerprint density at radius 1 is 1.08 bits per heavy atom. The summed E-state index contributed by atoms with van der Waals surface area (Å²) in [6, 6.07) is 24.1. The molecular formula is C29H33ClN2O4S. The fourth-order valence-electron chi connectivity index (χ4n) is 4.83. The monoisotopic (exact) mass is 540 g/mol. The average molecular weight is 541 g/mol. The number of halogens is 1. The second-order valence-electron chi connectivity index (χ2n) is 9.41. The summed E-state index contributed by atoms with van der Waals surface area (Å²) in [5.74, 6) is -0.136. The summed E-state index contributed by atoms with van der Waals surface area (Å²) < 4.78 is 33.6. The molecule has 8 heteroatoms. The Balaban J connectivity index is 1.46. The summed E-state index contributed by atoms with van der Waals surface area (Å²) >= 11 is 5.87. The van der Waals surface area contributed by atoms with E-state index in [0.29, 0.717) is 17.9 Å². The van der Waals surface area contributed by atoms with E-state index in [0.717, 1.165) is 17.7 Å². The Morgan fingerprint density at radius 2 is 1.76 bits per heavy atom. The van der Waals surface area contributed by atoms with Crippen LogP contribution in [0.1, 0.15) is 29.2 Å². The van der Waals surface area contributed by atoms with Crippen molar-refractivity contribution in [2.75, 3.05) is 13.7 Å². The molecule has 0 amide bonds. The van der Waals surface area contributed by atoms with E-state index < -0.39 is 16.1 Å². The van der Waals surface area contributed by atoms with Gasteiger partial charge in [-0.2, -0.15) is 0 Å². The van der Waals surface area contributed by atoms with Crippen molar-refractivity contribution in [1.82, 2.24) is 10.0 Å². The highest BCUT2D eigenvalue weighted by Gasteiger charge is 2.33. The highest BCUT2D eigenvalue weighted by Crippen LogP contribution is 2.35. The van der Waals surface area contributed by atoms with Crippen LogP contribution in [0.3, 0.4) is 0 Å². The Hall–Kier alpha value is -2.68. The summed E-state index contributed by atoms with van der Waals surface area (Å²) in [6.07, 6.45) is 0.858. The maximum absolute atomic E-state index is 12.7. The molecule has 0 aliphatic heterocycles. The minimum atomic E-state index is -3.77. The van der Waals surface area contributed by atoms with Gasteiger partial charge in [-0.3, -0.25) is 0 Å². The third-order valence-corrected chi connectivity index (χ3v) is 8.53. The second kappa shape index (κ2) is 12.2. The molecule has 3 N–H and O–H groups in total. The molecule has 3 aromatic carbocycles. The molecule has 6 nitrogen and oxygen atoms in total. The topological polar surface area (TPSA) is 87.7 Å². The molecular weight excluding hydrogens is 508 g/mol. The Kier molecular flexibility index (Phi) is 9.05. The number of methoxy groups -OCH3 is 1. The molecule has 37 heavy (non-hydrogen) atoms. The summed E-state index contributed by atoms with van der Waals surface area (Å²) in [4.78, 5) is 0.0986. The summed E-state index contributed by atoms with van der Waals surface area (Å²) in [5, 5.41) is 14.9. The van der Waals surface area contributed by atoms with E-state index in [-0.39, 0.29) is 29.5 Å². The van der Waals surface area contributed by atoms with Crippen molar-refractivity contribution >= 4 is 21.6 Å². The smallest absolute Gasteiger partial charge is 0.240 e. The number of aliphatic hydroxyl groups is 1. The molecule has 0 spiro atoms. The van der Waals surface area contributed by atoms with Crippen LogP contribution in [0.15, 0.2) is 96.0 Å². The number of aliphatic hydroxyl groups excluding tert-OH is 1. The van der Waals surface area contributed by atoms with Gasteiger partial charge in [-0.1, -0.05) is 72.8 Å². The second-order valence-corrected chi connectivity index (χ2v) is 11.6. The lowest BCUT2D eigenvalue weighted by atomic mass is 9.90. The molecule has 1 aliphatic rings. The molecule has 4 atom stereocenters. The van der Waals surface area contributed by atoms with Gasteiger partial charge >= 0.3 is 0 Å². The van der Waals surface area contributed by atoms with Crippen LogP contribution in [0.5, 0.6) is 0 Å². The van der Waals surface area contributed by atoms with E-state index in [1.807, 2.05) is 42.5 Å². The molecule has 0 fully saturated rings. The zero-order chi connectivity index (χ0) is 26.4. The van der Waals surface area contributed by atoms with E-state index in [1.54, 1.807) is 7.11 Å². The zero-order valence-electron chi connectivity index (χ0n) is 20.8. The molecule has 0 heterocycles. The minimum Gasteiger partial charge on any atom is -0.392 e. The summed E-state index contributed by atoms with van der Waals surface area (Å²) in [5.41, 5.74) is 4.33. The van der Waals surface area contributed by atoms with Gasteiger partial charge < -0.3 is 15.2 Å². The Labute approximate surface area is 224 Å². The largest absolute Gasteiger partial charge is 0.392 e. The SMILES string of the molecule is C=C(N[C@H]1c2ccccc2C[C@@H]1OC)[C@H](Cc1ccccc1)C[C@H](O)CNS(=O)(=O)c1ccc(Cl)cc1. The third-order valence-electron chi connectivity index (χ3n) is 6.83. The number of benzene rings is 3. The lowest BCUT2D eigenvalue weighted by Gasteiger charge is -2.29. The zero-order valence-corrected chi connectivity index (χ0v) is 22.4. The molecule has 196 valence electrons. The van der Waals surface area contributed by atoms with E-state index >= 15 is 0 Å². The predicted molar refractivity (Wildman–Crippen MR) is 147 cm³/mol. The molecule has 1 aliphatic carbocycles.